The largest absolute Gasteiger partial charge is 0.355 e. The smallest absolute Gasteiger partial charge is 0.255 e. The molecule has 0 aliphatic carbocycles. The highest BCUT2D eigenvalue weighted by Crippen LogP contribution is 2.23. The Morgan fingerprint density at radius 1 is 0.912 bits per heavy atom. The topological polar surface area (TPSA) is 95.5 Å². The maximum atomic E-state index is 12.6. The number of rotatable bonds is 8. The average Bonchev–Trinajstić information content (AvgIpc) is 3.40. The van der Waals surface area contributed by atoms with Gasteiger partial charge in [-0.3, -0.25) is 4.79 Å². The molecule has 1 N–H and O–H groups in total. The minimum absolute atomic E-state index is 0.175. The summed E-state index contributed by atoms with van der Waals surface area (Å²) in [4.78, 5) is 15.1. The predicted molar refractivity (Wildman–Crippen MR) is 133 cm³/mol. The number of anilines is 2. The fourth-order valence-electron chi connectivity index (χ4n) is 4.01. The van der Waals surface area contributed by atoms with E-state index in [0.717, 1.165) is 30.2 Å². The zero-order valence-corrected chi connectivity index (χ0v) is 20.3. The number of hydrogen-bond acceptors (Lipinski definition) is 6. The van der Waals surface area contributed by atoms with Crippen molar-refractivity contribution in [1.29, 1.82) is 0 Å². The van der Waals surface area contributed by atoms with Gasteiger partial charge in [0.25, 0.3) is 5.91 Å². The van der Waals surface area contributed by atoms with Crippen LogP contribution in [0, 0.1) is 0 Å². The Hall–Kier alpha value is -3.30. The molecule has 1 aliphatic heterocycles. The van der Waals surface area contributed by atoms with Gasteiger partial charge in [-0.2, -0.15) is 4.31 Å². The molecule has 2 heterocycles. The number of benzene rings is 2. The molecule has 0 spiro atoms. The molecular weight excluding hydrogens is 450 g/mol. The Bertz CT molecular complexity index is 1220. The lowest BCUT2D eigenvalue weighted by Crippen LogP contribution is -2.30. The summed E-state index contributed by atoms with van der Waals surface area (Å²) in [6.45, 7) is 6.43. The van der Waals surface area contributed by atoms with Gasteiger partial charge in [-0.05, 0) is 61.4 Å². The van der Waals surface area contributed by atoms with Gasteiger partial charge >= 0.3 is 0 Å². The van der Waals surface area contributed by atoms with E-state index < -0.39 is 10.0 Å². The Morgan fingerprint density at radius 3 is 2.12 bits per heavy atom. The van der Waals surface area contributed by atoms with Gasteiger partial charge in [0.2, 0.25) is 10.0 Å². The van der Waals surface area contributed by atoms with E-state index in [1.165, 1.54) is 41.4 Å². The molecule has 4 rings (SSSR count). The minimum atomic E-state index is -3.55. The molecule has 0 saturated carbocycles. The van der Waals surface area contributed by atoms with E-state index in [2.05, 4.69) is 20.4 Å². The van der Waals surface area contributed by atoms with Crippen LogP contribution in [0.5, 0.6) is 0 Å². The molecule has 1 saturated heterocycles. The van der Waals surface area contributed by atoms with Gasteiger partial charge in [-0.15, -0.1) is 10.2 Å². The first-order chi connectivity index (χ1) is 16.4. The number of nitrogens with one attached hydrogen (secondary N) is 1. The first-order valence-electron chi connectivity index (χ1n) is 11.5. The molecule has 178 valence electrons. The van der Waals surface area contributed by atoms with Crippen LogP contribution in [0.2, 0.25) is 0 Å². The quantitative estimate of drug-likeness (QED) is 0.524. The molecule has 0 bridgehead atoms. The summed E-state index contributed by atoms with van der Waals surface area (Å²) >= 11 is 0. The molecule has 1 amide bonds. The van der Waals surface area contributed by atoms with Gasteiger partial charge in [0.05, 0.1) is 10.6 Å². The lowest BCUT2D eigenvalue weighted by molar-refractivity contribution is 0.102. The third-order valence-electron chi connectivity index (χ3n) is 5.98. The normalized spacial score (nSPS) is 13.9. The number of carbonyl (C=O) groups is 1. The fourth-order valence-corrected chi connectivity index (χ4v) is 5.47. The second kappa shape index (κ2) is 10.3. The first kappa shape index (κ1) is 23.8. The molecule has 1 aliphatic rings. The second-order valence-electron chi connectivity index (χ2n) is 8.12. The highest BCUT2D eigenvalue weighted by Gasteiger charge is 2.21. The number of hydrogen-bond donors (Lipinski definition) is 1. The zero-order chi connectivity index (χ0) is 24.1. The van der Waals surface area contributed by atoms with Crippen LogP contribution in [0.1, 0.15) is 37.0 Å². The monoisotopic (exact) mass is 479 g/mol. The van der Waals surface area contributed by atoms with E-state index in [1.54, 1.807) is 13.8 Å². The molecule has 9 heteroatoms. The molecular formula is C25H29N5O3S. The van der Waals surface area contributed by atoms with Crippen molar-refractivity contribution in [1.82, 2.24) is 14.5 Å². The van der Waals surface area contributed by atoms with Crippen molar-refractivity contribution >= 4 is 27.4 Å². The predicted octanol–water partition coefficient (Wildman–Crippen LogP) is 4.03. The van der Waals surface area contributed by atoms with Crippen LogP contribution in [0.4, 0.5) is 11.5 Å². The van der Waals surface area contributed by atoms with E-state index in [0.29, 0.717) is 24.3 Å². The summed E-state index contributed by atoms with van der Waals surface area (Å²) in [7, 11) is -3.55. The molecule has 8 nitrogen and oxygen atoms in total. The summed E-state index contributed by atoms with van der Waals surface area (Å²) in [6.07, 6.45) is 2.38. The Labute approximate surface area is 200 Å². The maximum absolute atomic E-state index is 12.6. The lowest BCUT2D eigenvalue weighted by Gasteiger charge is -2.18. The third-order valence-corrected chi connectivity index (χ3v) is 8.04. The van der Waals surface area contributed by atoms with Crippen molar-refractivity contribution in [2.75, 3.05) is 36.4 Å². The molecule has 1 aromatic heterocycles. The molecule has 34 heavy (non-hydrogen) atoms. The van der Waals surface area contributed by atoms with Gasteiger partial charge in [-0.1, -0.05) is 26.0 Å². The van der Waals surface area contributed by atoms with Crippen LogP contribution in [0.3, 0.4) is 0 Å². The SMILES string of the molecule is CCN(CC)S(=O)(=O)c1ccc(C(=O)Nc2ccc(-c3ccc(N4CCCC4)nn3)cc2)cc1. The number of amides is 1. The second-order valence-corrected chi connectivity index (χ2v) is 10.1. The molecule has 3 aromatic rings. The number of sulfonamides is 1. The zero-order valence-electron chi connectivity index (χ0n) is 19.4. The van der Waals surface area contributed by atoms with Crippen molar-refractivity contribution in [2.45, 2.75) is 31.6 Å². The third kappa shape index (κ3) is 5.10. The number of nitrogens with zero attached hydrogens (tertiary/aromatic N) is 4. The van der Waals surface area contributed by atoms with E-state index in [1.807, 2.05) is 36.4 Å². The van der Waals surface area contributed by atoms with Gasteiger partial charge in [-0.25, -0.2) is 8.42 Å². The van der Waals surface area contributed by atoms with Crippen molar-refractivity contribution < 1.29 is 13.2 Å². The standard InChI is InChI=1S/C25H29N5O3S/c1-3-30(4-2)34(32,33)22-13-9-20(10-14-22)25(31)26-21-11-7-19(8-12-21)23-15-16-24(28-27-23)29-17-5-6-18-29/h7-16H,3-6,17-18H2,1-2H3,(H,26,31). The summed E-state index contributed by atoms with van der Waals surface area (Å²) in [5.74, 6) is 0.593. The molecule has 1 fully saturated rings. The molecule has 0 unspecified atom stereocenters. The maximum Gasteiger partial charge on any atom is 0.255 e. The highest BCUT2D eigenvalue weighted by atomic mass is 32.2. The number of aromatic nitrogens is 2. The van der Waals surface area contributed by atoms with Crippen LogP contribution >= 0.6 is 0 Å². The van der Waals surface area contributed by atoms with E-state index in [4.69, 9.17) is 0 Å². The van der Waals surface area contributed by atoms with Gasteiger partial charge in [0.1, 0.15) is 0 Å². The van der Waals surface area contributed by atoms with E-state index in [-0.39, 0.29) is 10.8 Å². The van der Waals surface area contributed by atoms with E-state index >= 15 is 0 Å². The fraction of sp³-hybridized carbons (Fsp3) is 0.320. The van der Waals surface area contributed by atoms with Crippen molar-refractivity contribution in [3.8, 4) is 11.3 Å². The van der Waals surface area contributed by atoms with Gasteiger partial charge in [0, 0.05) is 43.0 Å². The van der Waals surface area contributed by atoms with Crippen molar-refractivity contribution in [3.05, 3.63) is 66.2 Å². The summed E-state index contributed by atoms with van der Waals surface area (Å²) < 4.78 is 26.6. The van der Waals surface area contributed by atoms with Crippen LogP contribution in [-0.2, 0) is 10.0 Å². The van der Waals surface area contributed by atoms with Crippen LogP contribution in [0.25, 0.3) is 11.3 Å². The van der Waals surface area contributed by atoms with Gasteiger partial charge in [0.15, 0.2) is 5.82 Å². The van der Waals surface area contributed by atoms with E-state index in [9.17, 15) is 13.2 Å². The van der Waals surface area contributed by atoms with Crippen molar-refractivity contribution in [3.63, 3.8) is 0 Å². The Morgan fingerprint density at radius 2 is 1.56 bits per heavy atom. The first-order valence-corrected chi connectivity index (χ1v) is 13.0. The Kier molecular flexibility index (Phi) is 7.23. The summed E-state index contributed by atoms with van der Waals surface area (Å²) in [5.41, 5.74) is 2.69. The summed E-state index contributed by atoms with van der Waals surface area (Å²) in [6, 6.07) is 17.3. The number of carbonyl (C=O) groups excluding carboxylic acids is 1. The molecule has 2 aromatic carbocycles. The van der Waals surface area contributed by atoms with Crippen LogP contribution in [-0.4, -0.2) is 55.0 Å². The highest BCUT2D eigenvalue weighted by molar-refractivity contribution is 7.89. The minimum Gasteiger partial charge on any atom is -0.355 e. The Balaban J connectivity index is 1.41. The molecule has 0 radical (unpaired) electrons. The molecule has 0 atom stereocenters. The lowest BCUT2D eigenvalue weighted by atomic mass is 10.1. The average molecular weight is 480 g/mol. The summed E-state index contributed by atoms with van der Waals surface area (Å²) in [5, 5.41) is 11.6. The van der Waals surface area contributed by atoms with Crippen LogP contribution in [0.15, 0.2) is 65.6 Å². The van der Waals surface area contributed by atoms with Gasteiger partial charge < -0.3 is 10.2 Å². The van der Waals surface area contributed by atoms with Crippen molar-refractivity contribution in [2.24, 2.45) is 0 Å². The van der Waals surface area contributed by atoms with Crippen LogP contribution < -0.4 is 10.2 Å².